The van der Waals surface area contributed by atoms with Gasteiger partial charge in [0.25, 0.3) is 0 Å². The maximum atomic E-state index is 12.5. The number of aliphatic carboxylic acids is 1. The Morgan fingerprint density at radius 1 is 0.600 bits per heavy atom. The number of esters is 1. The standard InChI is InChI=1S/C32H33ClN2O5.C25H36BNO5.C13H9ClO2.2CH4/c1-38-28-10-6-7-23(19-28)22-39-30-11-4-2-8-24(30)20-35(18-17-29(34)32(36)37)21-25-9-3-5-12-31(25)40-27-15-13-26(33)14-16-27;1-25(2,3)32-24(28)22(27-26(4)29)15-8-6-12-20-13-7-9-16-23(20)31-18-19-11-10-14-21(17-19)30-5;14-11-5-7-12(8-6-11)16-13-4-2-1-3-10(13)9-15;;/h2-16,19,29H,17-18,20-22,34H2,1H3,(H,36,37);7,9-11,13-14,16-17,22,27,29H,6,8,12,15,18H2,1-5H3;1-9H;2*1H4/t29-;22-;;;/m00.../s1. The lowest BCUT2D eigenvalue weighted by Gasteiger charge is -2.25. The summed E-state index contributed by atoms with van der Waals surface area (Å²) < 4.78 is 40.1. The van der Waals surface area contributed by atoms with E-state index < -0.39 is 30.7 Å². The first-order chi connectivity index (χ1) is 42.4. The predicted molar refractivity (Wildman–Crippen MR) is 361 cm³/mol. The number of aldehydes is 1. The van der Waals surface area contributed by atoms with Crippen molar-refractivity contribution in [3.05, 3.63) is 238 Å². The number of nitrogens with zero attached hydrogens (tertiary/aromatic N) is 1. The number of nitrogens with one attached hydrogen (secondary N) is 1. The first-order valence-electron chi connectivity index (χ1n) is 28.9. The topological polar surface area (TPSA) is 198 Å². The van der Waals surface area contributed by atoms with Gasteiger partial charge in [0.2, 0.25) is 0 Å². The highest BCUT2D eigenvalue weighted by molar-refractivity contribution is 6.46. The molecular weight excluding hydrogens is 1180 g/mol. The van der Waals surface area contributed by atoms with Crippen LogP contribution in [0.15, 0.2) is 194 Å². The number of methoxy groups -OCH3 is 2. The molecule has 8 rings (SSSR count). The van der Waals surface area contributed by atoms with Crippen molar-refractivity contribution in [2.24, 2.45) is 5.73 Å². The number of hydrogen-bond acceptors (Lipinski definition) is 14. The number of benzene rings is 8. The van der Waals surface area contributed by atoms with E-state index in [2.05, 4.69) is 16.2 Å². The fraction of sp³-hybridized carbons (Fsp3) is 0.292. The van der Waals surface area contributed by atoms with Crippen LogP contribution in [0.2, 0.25) is 16.9 Å². The van der Waals surface area contributed by atoms with E-state index in [-0.39, 0.29) is 20.8 Å². The Balaban J connectivity index is 0.000000309. The summed E-state index contributed by atoms with van der Waals surface area (Å²) in [5.41, 5.74) is 10.9. The van der Waals surface area contributed by atoms with Crippen LogP contribution in [-0.2, 0) is 47.1 Å². The summed E-state index contributed by atoms with van der Waals surface area (Å²) in [6.07, 6.45) is 4.19. The van der Waals surface area contributed by atoms with E-state index in [0.717, 1.165) is 76.4 Å². The molecule has 0 saturated heterocycles. The molecule has 15 nitrogen and oxygen atoms in total. The molecule has 18 heteroatoms. The Hall–Kier alpha value is -8.35. The number of carboxylic acid groups (broad SMARTS) is 1. The highest BCUT2D eigenvalue weighted by Crippen LogP contribution is 2.31. The van der Waals surface area contributed by atoms with Crippen molar-refractivity contribution >= 4 is 48.5 Å². The molecule has 478 valence electrons. The zero-order valence-electron chi connectivity index (χ0n) is 50.6. The molecule has 0 bridgehead atoms. The predicted octanol–water partition coefficient (Wildman–Crippen LogP) is 16.1. The molecule has 0 aliphatic heterocycles. The Morgan fingerprint density at radius 2 is 1.06 bits per heavy atom. The number of carbonyl (C=O) groups is 3. The molecule has 0 saturated carbocycles. The van der Waals surface area contributed by atoms with Crippen LogP contribution in [0.25, 0.3) is 0 Å². The average Bonchev–Trinajstić information content (AvgIpc) is 3.72. The molecule has 0 fully saturated rings. The van der Waals surface area contributed by atoms with Gasteiger partial charge in [-0.15, -0.1) is 0 Å². The maximum absolute atomic E-state index is 12.5. The van der Waals surface area contributed by atoms with Crippen LogP contribution in [-0.4, -0.2) is 78.8 Å². The molecule has 0 aromatic heterocycles. The van der Waals surface area contributed by atoms with Crippen LogP contribution >= 0.6 is 23.2 Å². The SMILES string of the molecule is C.C.COc1cccc(COc2ccccc2CCCC[C@H](NB(C)O)C(=O)OC(C)(C)C)c1.COc1cccc(COc2ccccc2CN(CC[C@H](N)C(=O)O)Cc2ccccc2Oc2ccc(Cl)cc2)c1.O=Cc1ccccc1Oc1ccc(Cl)cc1. The summed E-state index contributed by atoms with van der Waals surface area (Å²) in [6.45, 7) is 9.48. The van der Waals surface area contributed by atoms with Gasteiger partial charge >= 0.3 is 19.0 Å². The maximum Gasteiger partial charge on any atom is 0.374 e. The van der Waals surface area contributed by atoms with E-state index in [4.69, 9.17) is 62.1 Å². The van der Waals surface area contributed by atoms with E-state index in [0.29, 0.717) is 84.3 Å². The normalized spacial score (nSPS) is 11.3. The Labute approximate surface area is 542 Å². The zero-order chi connectivity index (χ0) is 63.3. The number of para-hydroxylation sites is 4. The third-order valence-corrected chi connectivity index (χ3v) is 13.8. The Kier molecular flexibility index (Phi) is 32.1. The van der Waals surface area contributed by atoms with E-state index in [9.17, 15) is 24.5 Å². The summed E-state index contributed by atoms with van der Waals surface area (Å²) >= 11 is 11.8. The van der Waals surface area contributed by atoms with E-state index in [1.807, 2.05) is 154 Å². The summed E-state index contributed by atoms with van der Waals surface area (Å²) in [5, 5.41) is 23.2. The van der Waals surface area contributed by atoms with Crippen molar-refractivity contribution in [3.63, 3.8) is 0 Å². The summed E-state index contributed by atoms with van der Waals surface area (Å²) in [4.78, 5) is 36.8. The smallest absolute Gasteiger partial charge is 0.374 e. The number of halogens is 2. The lowest BCUT2D eigenvalue weighted by Crippen LogP contribution is -2.47. The molecule has 2 atom stereocenters. The third kappa shape index (κ3) is 26.4. The second-order valence-corrected chi connectivity index (χ2v) is 22.4. The quantitative estimate of drug-likeness (QED) is 0.0149. The highest BCUT2D eigenvalue weighted by Gasteiger charge is 2.27. The van der Waals surface area contributed by atoms with Crippen molar-refractivity contribution in [1.29, 1.82) is 0 Å². The molecule has 8 aromatic rings. The number of carboxylic acids is 1. The van der Waals surface area contributed by atoms with Gasteiger partial charge in [-0.1, -0.05) is 135 Å². The van der Waals surface area contributed by atoms with Crippen molar-refractivity contribution in [2.45, 2.75) is 119 Å². The van der Waals surface area contributed by atoms with Gasteiger partial charge in [0.05, 0.1) is 25.8 Å². The molecule has 8 aromatic carbocycles. The number of aryl methyl sites for hydroxylation is 1. The fourth-order valence-electron chi connectivity index (χ4n) is 8.88. The zero-order valence-corrected chi connectivity index (χ0v) is 52.1. The van der Waals surface area contributed by atoms with Gasteiger partial charge in [0.15, 0.2) is 6.29 Å². The van der Waals surface area contributed by atoms with Crippen LogP contribution < -0.4 is 39.4 Å². The molecular formula is C72H86BCl2N3O12. The first-order valence-corrected chi connectivity index (χ1v) is 29.7. The minimum atomic E-state index is -1.02. The van der Waals surface area contributed by atoms with Gasteiger partial charge in [0.1, 0.15) is 70.9 Å². The van der Waals surface area contributed by atoms with Crippen LogP contribution in [0.5, 0.6) is 46.0 Å². The molecule has 0 aliphatic carbocycles. The van der Waals surface area contributed by atoms with Crippen molar-refractivity contribution in [1.82, 2.24) is 10.1 Å². The summed E-state index contributed by atoms with van der Waals surface area (Å²) in [7, 11) is 2.51. The highest BCUT2D eigenvalue weighted by atomic mass is 35.5. The average molecular weight is 1270 g/mol. The van der Waals surface area contributed by atoms with Crippen LogP contribution in [0.4, 0.5) is 0 Å². The van der Waals surface area contributed by atoms with Gasteiger partial charge < -0.3 is 54.3 Å². The number of nitrogens with two attached hydrogens (primary N) is 1. The minimum Gasteiger partial charge on any atom is -0.497 e. The Bertz CT molecular complexity index is 3420. The molecule has 90 heavy (non-hydrogen) atoms. The molecule has 0 spiro atoms. The lowest BCUT2D eigenvalue weighted by atomic mass is 9.86. The van der Waals surface area contributed by atoms with E-state index >= 15 is 0 Å². The largest absolute Gasteiger partial charge is 0.497 e. The number of rotatable bonds is 29. The first kappa shape index (κ1) is 74.1. The fourth-order valence-corrected chi connectivity index (χ4v) is 9.13. The van der Waals surface area contributed by atoms with Gasteiger partial charge in [-0.25, -0.2) is 0 Å². The monoisotopic (exact) mass is 1270 g/mol. The van der Waals surface area contributed by atoms with Gasteiger partial charge in [-0.2, -0.15) is 0 Å². The molecule has 0 unspecified atom stereocenters. The van der Waals surface area contributed by atoms with E-state index in [1.165, 1.54) is 0 Å². The van der Waals surface area contributed by atoms with Gasteiger partial charge in [-0.3, -0.25) is 19.3 Å². The van der Waals surface area contributed by atoms with Gasteiger partial charge in [0, 0.05) is 40.8 Å². The minimum absolute atomic E-state index is 0. The van der Waals surface area contributed by atoms with Crippen molar-refractivity contribution in [2.75, 3.05) is 20.8 Å². The van der Waals surface area contributed by atoms with Gasteiger partial charge in [-0.05, 0) is 173 Å². The van der Waals surface area contributed by atoms with Crippen LogP contribution in [0.1, 0.15) is 99.5 Å². The molecule has 0 aliphatic rings. The number of unbranched alkanes of at least 4 members (excludes halogenated alkanes) is 1. The Morgan fingerprint density at radius 3 is 1.54 bits per heavy atom. The summed E-state index contributed by atoms with van der Waals surface area (Å²) in [6, 6.07) is 59.0. The molecule has 0 radical (unpaired) electrons. The van der Waals surface area contributed by atoms with Crippen LogP contribution in [0, 0.1) is 0 Å². The molecule has 5 N–H and O–H groups in total. The van der Waals surface area contributed by atoms with Crippen LogP contribution in [0.3, 0.4) is 0 Å². The summed E-state index contributed by atoms with van der Waals surface area (Å²) in [5.74, 6) is 4.42. The van der Waals surface area contributed by atoms with Crippen molar-refractivity contribution < 1.29 is 57.7 Å². The number of carbonyl (C=O) groups excluding carboxylic acids is 2. The lowest BCUT2D eigenvalue weighted by molar-refractivity contribution is -0.157. The number of ether oxygens (including phenoxy) is 7. The number of hydrogen-bond donors (Lipinski definition) is 4. The molecule has 0 amide bonds. The second kappa shape index (κ2) is 38.9. The van der Waals surface area contributed by atoms with E-state index in [1.54, 1.807) is 75.6 Å². The van der Waals surface area contributed by atoms with Crippen molar-refractivity contribution in [3.8, 4) is 46.0 Å². The second-order valence-electron chi connectivity index (χ2n) is 21.5. The third-order valence-electron chi connectivity index (χ3n) is 13.3. The molecule has 0 heterocycles.